The highest BCUT2D eigenvalue weighted by atomic mass is 16.7. The topological polar surface area (TPSA) is 408 Å². The molecule has 22 nitrogen and oxygen atoms in total. The number of rotatable bonds is 12. The van der Waals surface area contributed by atoms with Crippen molar-refractivity contribution >= 4 is 23.6 Å². The van der Waals surface area contributed by atoms with Gasteiger partial charge in [0.05, 0.1) is 37.5 Å². The zero-order valence-electron chi connectivity index (χ0n) is 22.7. The van der Waals surface area contributed by atoms with Crippen LogP contribution in [0.2, 0.25) is 0 Å². The van der Waals surface area contributed by atoms with E-state index in [1.807, 2.05) is 0 Å². The van der Waals surface area contributed by atoms with Crippen LogP contribution in [0.5, 0.6) is 0 Å². The molecule has 0 bridgehead atoms. The lowest BCUT2D eigenvalue weighted by Crippen LogP contribution is -2.71. The van der Waals surface area contributed by atoms with Gasteiger partial charge in [-0.25, -0.2) is 9.59 Å². The number of aliphatic carboxylic acids is 2. The number of ketones is 1. The molecule has 2 rings (SSSR count). The number of ether oxygens (including phenoxy) is 2. The summed E-state index contributed by atoms with van der Waals surface area (Å²) in [5, 5.41) is 133. The lowest BCUT2D eigenvalue weighted by atomic mass is 9.78. The highest BCUT2D eigenvalue weighted by molar-refractivity contribution is 5.90. The third-order valence-corrected chi connectivity index (χ3v) is 6.89. The summed E-state index contributed by atoms with van der Waals surface area (Å²) >= 11 is 0. The second kappa shape index (κ2) is 16.2. The number of aliphatic hydroxyl groups is 12. The van der Waals surface area contributed by atoms with Crippen LogP contribution in [-0.2, 0) is 28.7 Å². The molecule has 0 aromatic carbocycles. The van der Waals surface area contributed by atoms with Gasteiger partial charge in [-0.1, -0.05) is 0 Å². The van der Waals surface area contributed by atoms with E-state index in [0.717, 1.165) is 0 Å². The van der Waals surface area contributed by atoms with Crippen LogP contribution in [0.15, 0.2) is 0 Å². The predicted molar refractivity (Wildman–Crippen MR) is 132 cm³/mol. The molecule has 0 radical (unpaired) electrons. The molecule has 0 aromatic heterocycles. The van der Waals surface area contributed by atoms with Gasteiger partial charge in [-0.05, 0) is 0 Å². The van der Waals surface area contributed by atoms with E-state index in [0.29, 0.717) is 0 Å². The summed E-state index contributed by atoms with van der Waals surface area (Å²) in [7, 11) is 0. The summed E-state index contributed by atoms with van der Waals surface area (Å²) in [4.78, 5) is 45.0. The number of carbonyl (C=O) groups excluding carboxylic acids is 2. The molecule has 17 N–H and O–H groups in total. The van der Waals surface area contributed by atoms with Crippen LogP contribution >= 0.6 is 0 Å². The Labute approximate surface area is 246 Å². The van der Waals surface area contributed by atoms with Gasteiger partial charge in [-0.15, -0.1) is 0 Å². The van der Waals surface area contributed by atoms with E-state index in [4.69, 9.17) is 45.8 Å². The number of nitrogens with one attached hydrogen (secondary N) is 1. The Kier molecular flexibility index (Phi) is 14.5. The van der Waals surface area contributed by atoms with Crippen molar-refractivity contribution in [1.29, 1.82) is 0 Å². The third kappa shape index (κ3) is 8.59. The van der Waals surface area contributed by atoms with Crippen molar-refractivity contribution in [2.75, 3.05) is 26.4 Å². The van der Waals surface area contributed by atoms with Crippen LogP contribution < -0.4 is 11.1 Å². The van der Waals surface area contributed by atoms with Gasteiger partial charge in [-0.3, -0.25) is 9.59 Å². The molecule has 2 aliphatic rings. The van der Waals surface area contributed by atoms with E-state index in [-0.39, 0.29) is 0 Å². The first-order valence-corrected chi connectivity index (χ1v) is 12.6. The summed E-state index contributed by atoms with van der Waals surface area (Å²) < 4.78 is 9.58. The van der Waals surface area contributed by atoms with E-state index in [1.165, 1.54) is 0 Å². The van der Waals surface area contributed by atoms with Crippen molar-refractivity contribution in [2.24, 2.45) is 11.7 Å². The molecule has 2 heterocycles. The summed E-state index contributed by atoms with van der Waals surface area (Å²) in [5.74, 6) is -14.3. The first-order chi connectivity index (χ1) is 20.3. The minimum atomic E-state index is -3.27. The smallest absolute Gasteiger partial charge is 0.365 e. The predicted octanol–water partition coefficient (Wildman–Crippen LogP) is -10.2. The Morgan fingerprint density at radius 1 is 0.818 bits per heavy atom. The monoisotopic (exact) mass is 650 g/mol. The van der Waals surface area contributed by atoms with Gasteiger partial charge < -0.3 is 92.0 Å². The van der Waals surface area contributed by atoms with Crippen LogP contribution in [0.1, 0.15) is 6.42 Å². The van der Waals surface area contributed by atoms with E-state index in [2.05, 4.69) is 5.32 Å². The maximum Gasteiger partial charge on any atom is 0.365 e. The van der Waals surface area contributed by atoms with Crippen molar-refractivity contribution in [3.8, 4) is 0 Å². The maximum atomic E-state index is 11.6. The normalized spacial score (nSPS) is 36.5. The zero-order chi connectivity index (χ0) is 34.3. The molecule has 0 aromatic rings. The number of carbonyl (C=O) groups is 4. The van der Waals surface area contributed by atoms with Crippen LogP contribution in [0, 0.1) is 5.92 Å². The van der Waals surface area contributed by atoms with E-state index in [9.17, 15) is 60.0 Å². The summed E-state index contributed by atoms with van der Waals surface area (Å²) in [5.41, 5.74) is 5.55. The Morgan fingerprint density at radius 3 is 1.73 bits per heavy atom. The molecule has 2 aliphatic heterocycles. The van der Waals surface area contributed by atoms with Crippen LogP contribution in [0.3, 0.4) is 0 Å². The van der Waals surface area contributed by atoms with Gasteiger partial charge in [0.2, 0.25) is 5.91 Å². The molecule has 1 amide bonds. The average Bonchev–Trinajstić information content (AvgIpc) is 2.98. The van der Waals surface area contributed by atoms with Gasteiger partial charge in [0.15, 0.2) is 5.78 Å². The fourth-order valence-corrected chi connectivity index (χ4v) is 4.45. The molecule has 22 heteroatoms. The fraction of sp³-hybridized carbons (Fsp3) is 0.818. The number of carboxylic acids is 2. The molecular formula is C22H38N2O20. The Morgan fingerprint density at radius 2 is 1.32 bits per heavy atom. The van der Waals surface area contributed by atoms with Crippen molar-refractivity contribution in [1.82, 2.24) is 5.32 Å². The van der Waals surface area contributed by atoms with Crippen LogP contribution in [0.4, 0.5) is 0 Å². The first-order valence-electron chi connectivity index (χ1n) is 12.6. The van der Waals surface area contributed by atoms with Crippen molar-refractivity contribution < 1.29 is 100 Å². The third-order valence-electron chi connectivity index (χ3n) is 6.89. The molecular weight excluding hydrogens is 612 g/mol. The molecule has 3 unspecified atom stereocenters. The molecule has 256 valence electrons. The second-order valence-corrected chi connectivity index (χ2v) is 9.93. The quantitative estimate of drug-likeness (QED) is 0.0931. The maximum absolute atomic E-state index is 11.6. The van der Waals surface area contributed by atoms with Crippen molar-refractivity contribution in [2.45, 2.75) is 78.9 Å². The summed E-state index contributed by atoms with van der Waals surface area (Å²) in [6.45, 7) is -3.96. The zero-order valence-corrected chi connectivity index (χ0v) is 22.7. The highest BCUT2D eigenvalue weighted by Gasteiger charge is 2.61. The van der Waals surface area contributed by atoms with Gasteiger partial charge in [0, 0.05) is 6.42 Å². The SMILES string of the molecule is N[C@H]1[C@H]([C@H](O)[C@H](O)CO)OC(O)(C(=O)O)C(C(=O)CO)[C@@H]1O.O=C(CO)N[C@H]1[C@H]([C@H](O)[C@H](O)CO)OC(O)(C(=O)O)C[C@@H]1O. The Bertz CT molecular complexity index is 1000. The number of carboxylic acid groups (broad SMARTS) is 2. The molecule has 0 spiro atoms. The number of hydrogen-bond acceptors (Lipinski definition) is 19. The number of hydrogen-bond donors (Lipinski definition) is 16. The Balaban J connectivity index is 0.000000440. The average molecular weight is 651 g/mol. The van der Waals surface area contributed by atoms with Crippen molar-refractivity contribution in [3.63, 3.8) is 0 Å². The lowest BCUT2D eigenvalue weighted by molar-refractivity contribution is -0.312. The molecule has 2 fully saturated rings. The van der Waals surface area contributed by atoms with Gasteiger partial charge in [0.1, 0.15) is 55.8 Å². The molecule has 2 saturated heterocycles. The Hall–Kier alpha value is -2.52. The van der Waals surface area contributed by atoms with E-state index in [1.54, 1.807) is 0 Å². The molecule has 0 aliphatic carbocycles. The van der Waals surface area contributed by atoms with Gasteiger partial charge in [-0.2, -0.15) is 0 Å². The van der Waals surface area contributed by atoms with Gasteiger partial charge in [0.25, 0.3) is 11.6 Å². The van der Waals surface area contributed by atoms with Crippen LogP contribution in [-0.4, -0.2) is 194 Å². The fourth-order valence-electron chi connectivity index (χ4n) is 4.45. The number of nitrogens with two attached hydrogens (primary N) is 1. The molecule has 13 atom stereocenters. The minimum Gasteiger partial charge on any atom is -0.477 e. The first kappa shape index (κ1) is 39.5. The highest BCUT2D eigenvalue weighted by Crippen LogP contribution is 2.35. The largest absolute Gasteiger partial charge is 0.477 e. The van der Waals surface area contributed by atoms with E-state index < -0.39 is 135 Å². The standard InChI is InChI=1S/2C11H19NO10/c13-2-5(16)8(18)9-7(12-6(17)3-14)4(15)1-11(21,22-9)10(19)20;12-6-8(18)5(3(15)1-13)11(21,10(19)20)22-9(6)7(17)4(16)2-14/h4-5,7-9,13-16,18,21H,1-3H2,(H,12,17)(H,19,20);4-9,13-14,16-18,21H,1-2,12H2,(H,19,20)/t4-,5+,7+,8+,9+,11?;4-,5?,6-,7-,8+,9-,11?/m01/s1. The minimum absolute atomic E-state index is 0.822. The summed E-state index contributed by atoms with van der Waals surface area (Å²) in [6, 6.07) is -2.99. The summed E-state index contributed by atoms with van der Waals surface area (Å²) in [6.07, 6.45) is -15.4. The molecule has 44 heavy (non-hydrogen) atoms. The van der Waals surface area contributed by atoms with Crippen molar-refractivity contribution in [3.05, 3.63) is 0 Å². The van der Waals surface area contributed by atoms with Crippen LogP contribution in [0.25, 0.3) is 0 Å². The van der Waals surface area contributed by atoms with E-state index >= 15 is 0 Å². The lowest BCUT2D eigenvalue weighted by Gasteiger charge is -2.47. The number of amides is 1. The molecule has 0 saturated carbocycles. The number of Topliss-reactive ketones (excluding diaryl/α,β-unsaturated/α-hetero) is 1. The second-order valence-electron chi connectivity index (χ2n) is 9.93. The van der Waals surface area contributed by atoms with Gasteiger partial charge >= 0.3 is 11.9 Å². The number of aliphatic hydroxyl groups excluding tert-OH is 10.